The Morgan fingerprint density at radius 1 is 0.812 bits per heavy atom. The van der Waals surface area contributed by atoms with Gasteiger partial charge in [-0.15, -0.1) is 0 Å². The highest BCUT2D eigenvalue weighted by Gasteiger charge is 2.49. The van der Waals surface area contributed by atoms with Crippen LogP contribution in [0.25, 0.3) is 22.0 Å². The Labute approximate surface area is 284 Å². The highest BCUT2D eigenvalue weighted by atomic mass is 16.2. The third kappa shape index (κ3) is 6.16. The van der Waals surface area contributed by atoms with E-state index in [9.17, 15) is 9.59 Å². The summed E-state index contributed by atoms with van der Waals surface area (Å²) in [5, 5.41) is 2.24. The van der Waals surface area contributed by atoms with E-state index < -0.39 is 0 Å². The fourth-order valence-electron chi connectivity index (χ4n) is 8.05. The second kappa shape index (κ2) is 12.9. The van der Waals surface area contributed by atoms with Crippen molar-refractivity contribution in [2.75, 3.05) is 0 Å². The Morgan fingerprint density at radius 2 is 1.48 bits per heavy atom. The molecule has 4 heterocycles. The van der Waals surface area contributed by atoms with E-state index in [0.717, 1.165) is 64.2 Å². The number of nitrogens with one attached hydrogen (secondary N) is 2. The number of H-pyrrole nitrogens is 2. The number of rotatable bonds is 7. The molecular formula is C40H48N6O2. The normalized spacial score (nSPS) is 25.0. The van der Waals surface area contributed by atoms with E-state index in [-0.39, 0.29) is 29.9 Å². The monoisotopic (exact) mass is 644 g/mol. The number of amides is 2. The number of carbonyl (C=O) groups is 2. The average Bonchev–Trinajstić information content (AvgIpc) is 3.81. The maximum Gasteiger partial charge on any atom is 0.223 e. The van der Waals surface area contributed by atoms with Crippen LogP contribution in [-0.2, 0) is 9.59 Å². The summed E-state index contributed by atoms with van der Waals surface area (Å²) in [6, 6.07) is 13.3. The molecule has 0 bridgehead atoms. The van der Waals surface area contributed by atoms with E-state index in [4.69, 9.17) is 4.98 Å². The molecule has 0 unspecified atom stereocenters. The van der Waals surface area contributed by atoms with Crippen LogP contribution < -0.4 is 0 Å². The quantitative estimate of drug-likeness (QED) is 0.201. The Balaban J connectivity index is 1.06. The summed E-state index contributed by atoms with van der Waals surface area (Å²) in [7, 11) is 0. The molecule has 2 amide bonds. The molecule has 2 aromatic carbocycles. The van der Waals surface area contributed by atoms with E-state index in [1.54, 1.807) is 6.20 Å². The van der Waals surface area contributed by atoms with Crippen molar-refractivity contribution in [3.8, 4) is 23.1 Å². The Morgan fingerprint density at radius 3 is 2.21 bits per heavy atom. The molecule has 1 aliphatic carbocycles. The first-order valence-electron chi connectivity index (χ1n) is 17.8. The van der Waals surface area contributed by atoms with E-state index in [2.05, 4.69) is 104 Å². The van der Waals surface area contributed by atoms with Crippen LogP contribution in [0.2, 0.25) is 0 Å². The second-order valence-electron chi connectivity index (χ2n) is 15.3. The predicted octanol–water partition coefficient (Wildman–Crippen LogP) is 7.80. The van der Waals surface area contributed by atoms with Crippen LogP contribution in [0, 0.1) is 35.5 Å². The number of aromatic amines is 2. The first-order valence-corrected chi connectivity index (χ1v) is 17.8. The summed E-state index contributed by atoms with van der Waals surface area (Å²) in [6.45, 7) is 12.8. The highest BCUT2D eigenvalue weighted by molar-refractivity contribution is 5.88. The van der Waals surface area contributed by atoms with E-state index >= 15 is 0 Å². The molecule has 250 valence electrons. The lowest BCUT2D eigenvalue weighted by atomic mass is 9.80. The summed E-state index contributed by atoms with van der Waals surface area (Å²) in [5.74, 6) is 10.4. The van der Waals surface area contributed by atoms with E-state index in [1.165, 1.54) is 6.42 Å². The number of likely N-dealkylation sites (tertiary alicyclic amines) is 2. The van der Waals surface area contributed by atoms with Gasteiger partial charge in [-0.05, 0) is 91.2 Å². The Hall–Kier alpha value is -4.38. The number of benzene rings is 2. The zero-order valence-corrected chi connectivity index (χ0v) is 29.1. The number of fused-ring (bicyclic) bond motifs is 2. The van der Waals surface area contributed by atoms with Gasteiger partial charge < -0.3 is 19.8 Å². The average molecular weight is 645 g/mol. The van der Waals surface area contributed by atoms with Gasteiger partial charge in [-0.2, -0.15) is 0 Å². The SMILES string of the molecule is CC(C)CC(=O)N1[C@H](C)[C@H](C)C[C@H]1c1ncc(C#Cc2ccc3cc(-c4cnc([C@@H]5C[C@H]6CC[C@H]6N5C(=O)CC(C)C)[nH]4)ccc3c2)[nH]1. The molecule has 1 saturated carbocycles. The third-order valence-electron chi connectivity index (χ3n) is 10.8. The minimum atomic E-state index is -0.0443. The van der Waals surface area contributed by atoms with Crippen LogP contribution in [0.5, 0.6) is 0 Å². The van der Waals surface area contributed by atoms with Gasteiger partial charge in [-0.1, -0.05) is 58.7 Å². The van der Waals surface area contributed by atoms with Crippen LogP contribution in [0.1, 0.15) is 115 Å². The van der Waals surface area contributed by atoms with Crippen LogP contribution in [0.15, 0.2) is 48.8 Å². The smallest absolute Gasteiger partial charge is 0.223 e. The van der Waals surface area contributed by atoms with Crippen molar-refractivity contribution in [2.24, 2.45) is 23.7 Å². The molecule has 2 saturated heterocycles. The van der Waals surface area contributed by atoms with Crippen molar-refractivity contribution < 1.29 is 9.59 Å². The topological polar surface area (TPSA) is 98.0 Å². The van der Waals surface area contributed by atoms with Gasteiger partial charge in [-0.25, -0.2) is 9.97 Å². The van der Waals surface area contributed by atoms with Crippen LogP contribution in [0.3, 0.4) is 0 Å². The van der Waals surface area contributed by atoms with Gasteiger partial charge in [0.15, 0.2) is 0 Å². The first-order chi connectivity index (χ1) is 23.0. The lowest BCUT2D eigenvalue weighted by Gasteiger charge is -2.37. The van der Waals surface area contributed by atoms with Gasteiger partial charge in [0.2, 0.25) is 11.8 Å². The zero-order chi connectivity index (χ0) is 33.7. The fourth-order valence-corrected chi connectivity index (χ4v) is 8.05. The molecule has 8 nitrogen and oxygen atoms in total. The van der Waals surface area contributed by atoms with Crippen molar-refractivity contribution in [1.82, 2.24) is 29.7 Å². The molecule has 3 fully saturated rings. The highest BCUT2D eigenvalue weighted by Crippen LogP contribution is 2.49. The fraction of sp³-hybridized carbons (Fsp3) is 0.500. The number of nitrogens with zero attached hydrogens (tertiary/aromatic N) is 4. The molecule has 2 N–H and O–H groups in total. The first kappa shape index (κ1) is 32.2. The minimum Gasteiger partial charge on any atom is -0.340 e. The lowest BCUT2D eigenvalue weighted by Crippen LogP contribution is -2.44. The van der Waals surface area contributed by atoms with Crippen molar-refractivity contribution in [1.29, 1.82) is 0 Å². The van der Waals surface area contributed by atoms with Crippen molar-refractivity contribution in [3.05, 3.63) is 71.7 Å². The van der Waals surface area contributed by atoms with E-state index in [1.807, 2.05) is 17.2 Å². The van der Waals surface area contributed by atoms with Crippen molar-refractivity contribution >= 4 is 22.6 Å². The standard InChI is InChI=1S/C40H48N6O2/c1-23(2)15-37(47)45-26(6)25(5)17-35(45)39-41-21-32(43-39)13-8-27-7-9-29-19-30(11-10-28(29)18-27)33-22-42-40(44-33)36-20-31-12-14-34(31)46(36)38(48)16-24(3)4/h7,9-11,18-19,21-26,31,34-36H,12,14-17,20H2,1-6H3,(H,41,43)(H,42,44)/t25-,26-,31-,34-,35+,36+/m1/s1. The molecule has 0 radical (unpaired) electrons. The van der Waals surface area contributed by atoms with Gasteiger partial charge in [0.25, 0.3) is 0 Å². The summed E-state index contributed by atoms with van der Waals surface area (Å²) < 4.78 is 0. The van der Waals surface area contributed by atoms with Crippen LogP contribution in [0.4, 0.5) is 0 Å². The van der Waals surface area contributed by atoms with Gasteiger partial charge in [-0.3, -0.25) is 9.59 Å². The zero-order valence-electron chi connectivity index (χ0n) is 29.1. The summed E-state index contributed by atoms with van der Waals surface area (Å²) in [6.07, 6.45) is 9.04. The summed E-state index contributed by atoms with van der Waals surface area (Å²) >= 11 is 0. The molecule has 8 heteroatoms. The number of hydrogen-bond acceptors (Lipinski definition) is 4. The molecule has 6 atom stereocenters. The van der Waals surface area contributed by atoms with Crippen LogP contribution >= 0.6 is 0 Å². The van der Waals surface area contributed by atoms with Crippen molar-refractivity contribution in [3.63, 3.8) is 0 Å². The maximum absolute atomic E-state index is 13.2. The molecule has 7 rings (SSSR count). The molecule has 2 aliphatic heterocycles. The van der Waals surface area contributed by atoms with Crippen LogP contribution in [-0.4, -0.2) is 53.6 Å². The van der Waals surface area contributed by atoms with E-state index in [0.29, 0.717) is 42.6 Å². The number of aromatic nitrogens is 4. The number of hydrogen-bond donors (Lipinski definition) is 2. The number of carbonyl (C=O) groups excluding carboxylic acids is 2. The maximum atomic E-state index is 13.2. The summed E-state index contributed by atoms with van der Waals surface area (Å²) in [5.41, 5.74) is 3.72. The number of imidazole rings is 2. The minimum absolute atomic E-state index is 0.0339. The van der Waals surface area contributed by atoms with Gasteiger partial charge in [0.05, 0.1) is 30.2 Å². The van der Waals surface area contributed by atoms with Gasteiger partial charge in [0.1, 0.15) is 17.3 Å². The third-order valence-corrected chi connectivity index (χ3v) is 10.8. The predicted molar refractivity (Wildman–Crippen MR) is 189 cm³/mol. The molecule has 48 heavy (non-hydrogen) atoms. The Kier molecular flexibility index (Phi) is 8.66. The second-order valence-corrected chi connectivity index (χ2v) is 15.3. The molecule has 3 aliphatic rings. The lowest BCUT2D eigenvalue weighted by molar-refractivity contribution is -0.137. The molecule has 4 aromatic rings. The summed E-state index contributed by atoms with van der Waals surface area (Å²) in [4.78, 5) is 46.9. The van der Waals surface area contributed by atoms with Gasteiger partial charge in [0, 0.05) is 36.1 Å². The largest absolute Gasteiger partial charge is 0.340 e. The Bertz CT molecular complexity index is 1890. The molecular weight excluding hydrogens is 596 g/mol. The van der Waals surface area contributed by atoms with Crippen molar-refractivity contribution in [2.45, 2.75) is 104 Å². The molecule has 0 spiro atoms. The molecule has 2 aromatic heterocycles. The van der Waals surface area contributed by atoms with Gasteiger partial charge >= 0.3 is 0 Å².